The molecule has 1 aromatic heterocycles. The Bertz CT molecular complexity index is 518. The van der Waals surface area contributed by atoms with E-state index in [0.29, 0.717) is 24.6 Å². The third-order valence-electron chi connectivity index (χ3n) is 3.68. The Morgan fingerprint density at radius 2 is 2.25 bits per heavy atom. The lowest BCUT2D eigenvalue weighted by Crippen LogP contribution is -2.47. The van der Waals surface area contributed by atoms with Gasteiger partial charge in [0, 0.05) is 25.5 Å². The summed E-state index contributed by atoms with van der Waals surface area (Å²) in [6, 6.07) is 2.85. The summed E-state index contributed by atoms with van der Waals surface area (Å²) in [6.07, 6.45) is 3.10. The van der Waals surface area contributed by atoms with Gasteiger partial charge in [-0.05, 0) is 30.9 Å². The van der Waals surface area contributed by atoms with Crippen molar-refractivity contribution in [3.05, 3.63) is 24.0 Å². The molecular weight excluding hydrogens is 258 g/mol. The topological polar surface area (TPSA) is 82.5 Å². The lowest BCUT2D eigenvalue weighted by atomic mass is 9.92. The molecule has 1 saturated heterocycles. The molecule has 2 unspecified atom stereocenters. The van der Waals surface area contributed by atoms with Gasteiger partial charge in [-0.1, -0.05) is 6.92 Å². The van der Waals surface area contributed by atoms with Crippen LogP contribution in [0.25, 0.3) is 0 Å². The zero-order valence-electron chi connectivity index (χ0n) is 11.7. The molecule has 1 aromatic rings. The van der Waals surface area contributed by atoms with Crippen molar-refractivity contribution in [3.63, 3.8) is 0 Å². The van der Waals surface area contributed by atoms with E-state index >= 15 is 0 Å². The summed E-state index contributed by atoms with van der Waals surface area (Å²) in [4.78, 5) is 28.9. The van der Waals surface area contributed by atoms with Crippen molar-refractivity contribution in [2.75, 3.05) is 18.5 Å². The Kier molecular flexibility index (Phi) is 4.22. The molecule has 2 atom stereocenters. The monoisotopic (exact) mass is 277 g/mol. The molecule has 0 radical (unpaired) electrons. The second-order valence-electron chi connectivity index (χ2n) is 5.16. The quantitative estimate of drug-likeness (QED) is 0.865. The summed E-state index contributed by atoms with van der Waals surface area (Å²) in [5, 5.41) is 11.9. The highest BCUT2D eigenvalue weighted by atomic mass is 16.4. The highest BCUT2D eigenvalue weighted by Gasteiger charge is 2.32. The fraction of sp³-hybridized carbons (Fsp3) is 0.500. The number of aliphatic carboxylic acids is 1. The standard InChI is InChI=1S/C14H19N3O3/c1-9-4-6-17(12(7-9)14(19)20)10-3-5-16-11(8-10)13(18)15-2/h3,5,8-9,12H,4,6-7H2,1-2H3,(H,15,18)(H,19,20). The summed E-state index contributed by atoms with van der Waals surface area (Å²) >= 11 is 0. The fourth-order valence-electron chi connectivity index (χ4n) is 2.53. The third kappa shape index (κ3) is 2.89. The maximum Gasteiger partial charge on any atom is 0.326 e. The van der Waals surface area contributed by atoms with Gasteiger partial charge in [-0.2, -0.15) is 0 Å². The van der Waals surface area contributed by atoms with Crippen molar-refractivity contribution >= 4 is 17.6 Å². The van der Waals surface area contributed by atoms with Gasteiger partial charge in [-0.15, -0.1) is 0 Å². The van der Waals surface area contributed by atoms with Crippen LogP contribution in [0.3, 0.4) is 0 Å². The average Bonchev–Trinajstić information content (AvgIpc) is 2.46. The van der Waals surface area contributed by atoms with E-state index in [-0.39, 0.29) is 5.91 Å². The van der Waals surface area contributed by atoms with Gasteiger partial charge in [-0.3, -0.25) is 9.78 Å². The summed E-state index contributed by atoms with van der Waals surface area (Å²) in [5.74, 6) is -0.702. The van der Waals surface area contributed by atoms with Crippen LogP contribution in [0, 0.1) is 5.92 Å². The number of nitrogens with one attached hydrogen (secondary N) is 1. The van der Waals surface area contributed by atoms with Crippen LogP contribution in [0.5, 0.6) is 0 Å². The number of anilines is 1. The number of aromatic nitrogens is 1. The van der Waals surface area contributed by atoms with Gasteiger partial charge in [-0.25, -0.2) is 4.79 Å². The average molecular weight is 277 g/mol. The van der Waals surface area contributed by atoms with Crippen LogP contribution in [-0.4, -0.2) is 41.6 Å². The number of nitrogens with zero attached hydrogens (tertiary/aromatic N) is 2. The van der Waals surface area contributed by atoms with Crippen LogP contribution in [-0.2, 0) is 4.79 Å². The smallest absolute Gasteiger partial charge is 0.326 e. The summed E-state index contributed by atoms with van der Waals surface area (Å²) in [5.41, 5.74) is 1.03. The van der Waals surface area contributed by atoms with Crippen LogP contribution >= 0.6 is 0 Å². The van der Waals surface area contributed by atoms with Crippen molar-refractivity contribution in [2.24, 2.45) is 5.92 Å². The molecular formula is C14H19N3O3. The van der Waals surface area contributed by atoms with E-state index < -0.39 is 12.0 Å². The van der Waals surface area contributed by atoms with Gasteiger partial charge in [0.25, 0.3) is 5.91 Å². The number of carbonyl (C=O) groups excluding carboxylic acids is 1. The second-order valence-corrected chi connectivity index (χ2v) is 5.16. The lowest BCUT2D eigenvalue weighted by molar-refractivity contribution is -0.139. The third-order valence-corrected chi connectivity index (χ3v) is 3.68. The molecule has 0 spiro atoms. The van der Waals surface area contributed by atoms with E-state index in [1.54, 1.807) is 19.2 Å². The molecule has 1 aliphatic rings. The molecule has 2 N–H and O–H groups in total. The predicted octanol–water partition coefficient (Wildman–Crippen LogP) is 1.13. The molecule has 0 aliphatic carbocycles. The number of hydrogen-bond donors (Lipinski definition) is 2. The summed E-state index contributed by atoms with van der Waals surface area (Å²) in [6.45, 7) is 2.74. The Hall–Kier alpha value is -2.11. The van der Waals surface area contributed by atoms with Gasteiger partial charge < -0.3 is 15.3 Å². The van der Waals surface area contributed by atoms with E-state index in [1.807, 2.05) is 4.90 Å². The minimum absolute atomic E-state index is 0.274. The normalized spacial score (nSPS) is 22.4. The van der Waals surface area contributed by atoms with Gasteiger partial charge in [0.05, 0.1) is 0 Å². The highest BCUT2D eigenvalue weighted by Crippen LogP contribution is 2.28. The molecule has 0 aromatic carbocycles. The van der Waals surface area contributed by atoms with E-state index in [0.717, 1.165) is 12.1 Å². The van der Waals surface area contributed by atoms with Crippen molar-refractivity contribution in [1.82, 2.24) is 10.3 Å². The Labute approximate surface area is 117 Å². The van der Waals surface area contributed by atoms with Crippen molar-refractivity contribution < 1.29 is 14.7 Å². The highest BCUT2D eigenvalue weighted by molar-refractivity contribution is 5.93. The molecule has 1 aliphatic heterocycles. The molecule has 20 heavy (non-hydrogen) atoms. The van der Waals surface area contributed by atoms with E-state index in [1.165, 1.54) is 6.20 Å². The number of piperidine rings is 1. The number of pyridine rings is 1. The zero-order chi connectivity index (χ0) is 14.7. The van der Waals surface area contributed by atoms with Crippen molar-refractivity contribution in [1.29, 1.82) is 0 Å². The van der Waals surface area contributed by atoms with Crippen molar-refractivity contribution in [2.45, 2.75) is 25.8 Å². The first-order valence-electron chi connectivity index (χ1n) is 6.70. The number of rotatable bonds is 3. The van der Waals surface area contributed by atoms with Crippen LogP contribution in [0.15, 0.2) is 18.3 Å². The van der Waals surface area contributed by atoms with Crippen LogP contribution < -0.4 is 10.2 Å². The second kappa shape index (κ2) is 5.90. The first kappa shape index (κ1) is 14.3. The van der Waals surface area contributed by atoms with E-state index in [4.69, 9.17) is 0 Å². The fourth-order valence-corrected chi connectivity index (χ4v) is 2.53. The number of amides is 1. The number of carboxylic acid groups (broad SMARTS) is 1. The van der Waals surface area contributed by atoms with Crippen LogP contribution in [0.2, 0.25) is 0 Å². The van der Waals surface area contributed by atoms with E-state index in [2.05, 4.69) is 17.2 Å². The molecule has 108 valence electrons. The van der Waals surface area contributed by atoms with Gasteiger partial charge >= 0.3 is 5.97 Å². The summed E-state index contributed by atoms with van der Waals surface area (Å²) < 4.78 is 0. The van der Waals surface area contributed by atoms with Gasteiger partial charge in [0.2, 0.25) is 0 Å². The first-order valence-corrected chi connectivity index (χ1v) is 6.70. The predicted molar refractivity (Wildman–Crippen MR) is 74.8 cm³/mol. The van der Waals surface area contributed by atoms with Crippen LogP contribution in [0.4, 0.5) is 5.69 Å². The van der Waals surface area contributed by atoms with Crippen molar-refractivity contribution in [3.8, 4) is 0 Å². The Morgan fingerprint density at radius 3 is 2.90 bits per heavy atom. The molecule has 6 heteroatoms. The number of carbonyl (C=O) groups is 2. The van der Waals surface area contributed by atoms with Gasteiger partial charge in [0.15, 0.2) is 0 Å². The van der Waals surface area contributed by atoms with Gasteiger partial charge in [0.1, 0.15) is 11.7 Å². The number of hydrogen-bond acceptors (Lipinski definition) is 4. The van der Waals surface area contributed by atoms with E-state index in [9.17, 15) is 14.7 Å². The molecule has 1 amide bonds. The number of carboxylic acids is 1. The largest absolute Gasteiger partial charge is 0.480 e. The molecule has 0 bridgehead atoms. The molecule has 2 rings (SSSR count). The maximum atomic E-state index is 11.6. The Morgan fingerprint density at radius 1 is 1.50 bits per heavy atom. The minimum atomic E-state index is -0.824. The molecule has 6 nitrogen and oxygen atoms in total. The first-order chi connectivity index (χ1) is 9.52. The maximum absolute atomic E-state index is 11.6. The van der Waals surface area contributed by atoms with Crippen LogP contribution in [0.1, 0.15) is 30.3 Å². The minimum Gasteiger partial charge on any atom is -0.480 e. The molecule has 2 heterocycles. The SMILES string of the molecule is CNC(=O)c1cc(N2CCC(C)CC2C(=O)O)ccn1. The molecule has 0 saturated carbocycles. The zero-order valence-corrected chi connectivity index (χ0v) is 11.7. The summed E-state index contributed by atoms with van der Waals surface area (Å²) in [7, 11) is 1.54. The lowest BCUT2D eigenvalue weighted by Gasteiger charge is -2.37. The Balaban J connectivity index is 2.29. The molecule has 1 fully saturated rings.